The molecule has 0 spiro atoms. The van der Waals surface area contributed by atoms with Crippen molar-refractivity contribution in [3.8, 4) is 5.75 Å². The van der Waals surface area contributed by atoms with E-state index in [0.717, 1.165) is 18.4 Å². The Labute approximate surface area is 198 Å². The van der Waals surface area contributed by atoms with Gasteiger partial charge >= 0.3 is 0 Å². The molecule has 2 atom stereocenters. The Morgan fingerprint density at radius 1 is 1.00 bits per heavy atom. The molecule has 2 aliphatic heterocycles. The first-order valence-electron chi connectivity index (χ1n) is 11.7. The summed E-state index contributed by atoms with van der Waals surface area (Å²) in [6.07, 6.45) is 3.00. The molecule has 8 heteroatoms. The van der Waals surface area contributed by atoms with Crippen LogP contribution in [0, 0.1) is 11.7 Å². The average molecular weight is 468 g/mol. The monoisotopic (exact) mass is 467 g/mol. The van der Waals surface area contributed by atoms with E-state index in [1.807, 2.05) is 0 Å². The molecule has 2 unspecified atom stereocenters. The Balaban J connectivity index is 1.36. The van der Waals surface area contributed by atoms with Gasteiger partial charge in [0.2, 0.25) is 17.7 Å². The minimum atomic E-state index is -0.514. The number of benzene rings is 2. The number of hydrogen-bond donors (Lipinski definition) is 1. The summed E-state index contributed by atoms with van der Waals surface area (Å²) in [6, 6.07) is 12.5. The maximum atomic E-state index is 13.4. The summed E-state index contributed by atoms with van der Waals surface area (Å²) in [4.78, 5) is 42.5. The largest absolute Gasteiger partial charge is 0.497 e. The molecule has 2 fully saturated rings. The topological polar surface area (TPSA) is 79.0 Å². The third-order valence-corrected chi connectivity index (χ3v) is 6.59. The Hall–Kier alpha value is -3.42. The number of likely N-dealkylation sites (tertiary alicyclic amines) is 2. The maximum absolute atomic E-state index is 13.4. The lowest BCUT2D eigenvalue weighted by Crippen LogP contribution is -2.50. The van der Waals surface area contributed by atoms with E-state index >= 15 is 0 Å². The van der Waals surface area contributed by atoms with Crippen LogP contribution in [0.15, 0.2) is 48.5 Å². The first-order chi connectivity index (χ1) is 16.4. The molecule has 34 heavy (non-hydrogen) atoms. The average Bonchev–Trinajstić information content (AvgIpc) is 3.36. The van der Waals surface area contributed by atoms with E-state index in [1.165, 1.54) is 12.1 Å². The summed E-state index contributed by atoms with van der Waals surface area (Å²) in [5.74, 6) is -0.287. The Bertz CT molecular complexity index is 1030. The van der Waals surface area contributed by atoms with Crippen LogP contribution in [0.5, 0.6) is 5.75 Å². The van der Waals surface area contributed by atoms with E-state index in [0.29, 0.717) is 43.9 Å². The zero-order valence-corrected chi connectivity index (χ0v) is 19.3. The van der Waals surface area contributed by atoms with E-state index in [9.17, 15) is 18.8 Å². The van der Waals surface area contributed by atoms with E-state index in [-0.39, 0.29) is 35.9 Å². The number of carbonyl (C=O) groups excluding carboxylic acids is 3. The lowest BCUT2D eigenvalue weighted by atomic mass is 9.95. The van der Waals surface area contributed by atoms with Crippen LogP contribution >= 0.6 is 0 Å². The van der Waals surface area contributed by atoms with E-state index in [4.69, 9.17) is 4.74 Å². The van der Waals surface area contributed by atoms with Crippen LogP contribution in [0.4, 0.5) is 10.1 Å². The van der Waals surface area contributed by atoms with Crippen molar-refractivity contribution < 1.29 is 23.5 Å². The number of halogens is 1. The molecule has 7 nitrogen and oxygen atoms in total. The van der Waals surface area contributed by atoms with Crippen molar-refractivity contribution in [2.75, 3.05) is 32.1 Å². The van der Waals surface area contributed by atoms with Crippen LogP contribution in [-0.2, 0) is 20.8 Å². The van der Waals surface area contributed by atoms with Gasteiger partial charge in [0.25, 0.3) is 0 Å². The molecule has 180 valence electrons. The first kappa shape index (κ1) is 23.7. The number of piperidine rings is 1. The van der Waals surface area contributed by atoms with Crippen LogP contribution in [0.3, 0.4) is 0 Å². The summed E-state index contributed by atoms with van der Waals surface area (Å²) in [6.45, 7) is 1.49. The number of carbonyl (C=O) groups is 3. The van der Waals surface area contributed by atoms with Gasteiger partial charge in [-0.1, -0.05) is 12.1 Å². The highest BCUT2D eigenvalue weighted by Gasteiger charge is 2.39. The van der Waals surface area contributed by atoms with Gasteiger partial charge in [-0.3, -0.25) is 14.4 Å². The molecule has 0 bridgehead atoms. The third-order valence-electron chi connectivity index (χ3n) is 6.59. The molecular weight excluding hydrogens is 437 g/mol. The molecule has 0 saturated carbocycles. The number of anilines is 1. The number of amides is 3. The predicted molar refractivity (Wildman–Crippen MR) is 126 cm³/mol. The second kappa shape index (κ2) is 10.7. The van der Waals surface area contributed by atoms with Crippen molar-refractivity contribution in [1.29, 1.82) is 0 Å². The lowest BCUT2D eigenvalue weighted by molar-refractivity contribution is -0.143. The van der Waals surface area contributed by atoms with Crippen molar-refractivity contribution >= 4 is 23.4 Å². The molecule has 4 rings (SSSR count). The molecule has 2 saturated heterocycles. The highest BCUT2D eigenvalue weighted by atomic mass is 19.1. The summed E-state index contributed by atoms with van der Waals surface area (Å²) in [5, 5.41) is 2.90. The van der Waals surface area contributed by atoms with Gasteiger partial charge in [0.1, 0.15) is 17.6 Å². The molecule has 0 aliphatic carbocycles. The summed E-state index contributed by atoms with van der Waals surface area (Å²) in [5.41, 5.74) is 1.40. The van der Waals surface area contributed by atoms with Gasteiger partial charge in [0.05, 0.1) is 19.4 Å². The molecule has 0 radical (unpaired) electrons. The molecule has 1 N–H and O–H groups in total. The van der Waals surface area contributed by atoms with Crippen LogP contribution in [0.25, 0.3) is 0 Å². The normalized spacial score (nSPS) is 20.2. The maximum Gasteiger partial charge on any atom is 0.247 e. The number of nitrogens with zero attached hydrogens (tertiary/aromatic N) is 2. The van der Waals surface area contributed by atoms with Crippen molar-refractivity contribution in [3.63, 3.8) is 0 Å². The van der Waals surface area contributed by atoms with E-state index < -0.39 is 6.04 Å². The second-order valence-electron chi connectivity index (χ2n) is 8.89. The minimum absolute atomic E-state index is 0.0633. The summed E-state index contributed by atoms with van der Waals surface area (Å²) in [7, 11) is 1.58. The van der Waals surface area contributed by atoms with Crippen molar-refractivity contribution in [2.24, 2.45) is 5.92 Å². The van der Waals surface area contributed by atoms with Crippen molar-refractivity contribution in [2.45, 2.75) is 38.1 Å². The highest BCUT2D eigenvalue weighted by molar-refractivity contribution is 5.98. The Morgan fingerprint density at radius 3 is 2.41 bits per heavy atom. The van der Waals surface area contributed by atoms with Gasteiger partial charge < -0.3 is 19.9 Å². The second-order valence-corrected chi connectivity index (χ2v) is 8.89. The van der Waals surface area contributed by atoms with Gasteiger partial charge in [-0.05, 0) is 67.6 Å². The fourth-order valence-corrected chi connectivity index (χ4v) is 4.73. The number of rotatable bonds is 6. The van der Waals surface area contributed by atoms with Gasteiger partial charge in [0.15, 0.2) is 0 Å². The molecule has 2 aliphatic rings. The van der Waals surface area contributed by atoms with Crippen LogP contribution < -0.4 is 10.1 Å². The van der Waals surface area contributed by atoms with Gasteiger partial charge in [0, 0.05) is 25.3 Å². The SMILES string of the molecule is COc1ccc(NC(=O)C2CCCN2C(=O)C2CCCN(C(=O)Cc3ccc(F)cc3)C2)cc1. The number of hydrogen-bond acceptors (Lipinski definition) is 4. The quantitative estimate of drug-likeness (QED) is 0.708. The molecule has 0 aromatic heterocycles. The number of nitrogens with one attached hydrogen (secondary N) is 1. The molecule has 2 aromatic rings. The fourth-order valence-electron chi connectivity index (χ4n) is 4.73. The van der Waals surface area contributed by atoms with Crippen molar-refractivity contribution in [1.82, 2.24) is 9.80 Å². The standard InChI is InChI=1S/C26H30FN3O4/c1-34-22-12-10-21(11-13-22)28-25(32)23-5-3-15-30(23)26(33)19-4-2-14-29(17-19)24(31)16-18-6-8-20(27)9-7-18/h6-13,19,23H,2-5,14-17H2,1H3,(H,28,32). The highest BCUT2D eigenvalue weighted by Crippen LogP contribution is 2.26. The third kappa shape index (κ3) is 5.55. The number of methoxy groups -OCH3 is 1. The van der Waals surface area contributed by atoms with Gasteiger partial charge in [-0.2, -0.15) is 0 Å². The molecule has 3 amide bonds. The van der Waals surface area contributed by atoms with Crippen LogP contribution in [-0.4, -0.2) is 60.3 Å². The zero-order chi connectivity index (χ0) is 24.1. The smallest absolute Gasteiger partial charge is 0.247 e. The predicted octanol–water partition coefficient (Wildman–Crippen LogP) is 3.25. The summed E-state index contributed by atoms with van der Waals surface area (Å²) < 4.78 is 18.3. The van der Waals surface area contributed by atoms with Crippen LogP contribution in [0.1, 0.15) is 31.2 Å². The van der Waals surface area contributed by atoms with Gasteiger partial charge in [-0.15, -0.1) is 0 Å². The van der Waals surface area contributed by atoms with Crippen LogP contribution in [0.2, 0.25) is 0 Å². The molecular formula is C26H30FN3O4. The van der Waals surface area contributed by atoms with E-state index in [2.05, 4.69) is 5.32 Å². The fraction of sp³-hybridized carbons (Fsp3) is 0.423. The van der Waals surface area contributed by atoms with Crippen molar-refractivity contribution in [3.05, 3.63) is 59.9 Å². The Kier molecular flexibility index (Phi) is 7.45. The summed E-state index contributed by atoms with van der Waals surface area (Å²) >= 11 is 0. The molecule has 2 aromatic carbocycles. The zero-order valence-electron chi connectivity index (χ0n) is 19.3. The molecule has 2 heterocycles. The van der Waals surface area contributed by atoms with E-state index in [1.54, 1.807) is 53.3 Å². The first-order valence-corrected chi connectivity index (χ1v) is 11.7. The minimum Gasteiger partial charge on any atom is -0.497 e. The van der Waals surface area contributed by atoms with Gasteiger partial charge in [-0.25, -0.2) is 4.39 Å². The lowest BCUT2D eigenvalue weighted by Gasteiger charge is -2.35. The number of ether oxygens (including phenoxy) is 1. The Morgan fingerprint density at radius 2 is 1.71 bits per heavy atom.